The third kappa shape index (κ3) is 5.64. The Balaban J connectivity index is 1.20. The smallest absolute Gasteiger partial charge is 0.317 e. The van der Waals surface area contributed by atoms with E-state index in [-0.39, 0.29) is 17.7 Å². The summed E-state index contributed by atoms with van der Waals surface area (Å²) in [4.78, 5) is 27.1. The number of carbonyl (C=O) groups excluding carboxylic acids is 2. The number of halogens is 1. The fourth-order valence-corrected chi connectivity index (χ4v) is 4.45. The predicted octanol–water partition coefficient (Wildman–Crippen LogP) is 3.68. The molecule has 0 aliphatic carbocycles. The highest BCUT2D eigenvalue weighted by molar-refractivity contribution is 6.30. The second-order valence-electron chi connectivity index (χ2n) is 8.18. The van der Waals surface area contributed by atoms with E-state index >= 15 is 0 Å². The van der Waals surface area contributed by atoms with E-state index in [1.807, 2.05) is 47.4 Å². The van der Waals surface area contributed by atoms with Crippen molar-refractivity contribution in [2.24, 2.45) is 5.92 Å². The molecule has 0 atom stereocenters. The molecule has 0 unspecified atom stereocenters. The van der Waals surface area contributed by atoms with E-state index < -0.39 is 0 Å². The zero-order valence-corrected chi connectivity index (χ0v) is 18.4. The monoisotopic (exact) mass is 440 g/mol. The van der Waals surface area contributed by atoms with E-state index in [2.05, 4.69) is 15.3 Å². The van der Waals surface area contributed by atoms with Crippen molar-refractivity contribution in [2.45, 2.75) is 19.4 Å². The third-order valence-electron chi connectivity index (χ3n) is 6.20. The molecule has 0 spiro atoms. The lowest BCUT2D eigenvalue weighted by atomic mass is 9.89. The number of hydrazine groups is 1. The van der Waals surface area contributed by atoms with Gasteiger partial charge in [-0.3, -0.25) is 4.79 Å². The van der Waals surface area contributed by atoms with Crippen LogP contribution in [0.25, 0.3) is 0 Å². The number of rotatable bonds is 5. The van der Waals surface area contributed by atoms with Crippen molar-refractivity contribution >= 4 is 23.4 Å². The zero-order chi connectivity index (χ0) is 21.6. The summed E-state index contributed by atoms with van der Waals surface area (Å²) in [6.45, 7) is 5.39. The molecule has 2 aliphatic rings. The summed E-state index contributed by atoms with van der Waals surface area (Å²) < 4.78 is 0. The Hall–Kier alpha value is -2.41. The molecule has 31 heavy (non-hydrogen) atoms. The fourth-order valence-electron chi connectivity index (χ4n) is 4.33. The number of piperazine rings is 1. The Morgan fingerprint density at radius 2 is 1.45 bits per heavy atom. The molecular formula is C24H29ClN4O2. The summed E-state index contributed by atoms with van der Waals surface area (Å²) >= 11 is 5.93. The normalized spacial score (nSPS) is 18.7. The van der Waals surface area contributed by atoms with Crippen molar-refractivity contribution in [3.05, 3.63) is 70.7 Å². The minimum absolute atomic E-state index is 0.00391. The molecule has 0 radical (unpaired) electrons. The van der Waals surface area contributed by atoms with Crippen LogP contribution in [0, 0.1) is 5.92 Å². The van der Waals surface area contributed by atoms with Gasteiger partial charge in [0.1, 0.15) is 0 Å². The first-order valence-corrected chi connectivity index (χ1v) is 11.3. The number of nitrogens with one attached hydrogen (secondary N) is 1. The summed E-state index contributed by atoms with van der Waals surface area (Å²) in [6.07, 6.45) is 1.72. The summed E-state index contributed by atoms with van der Waals surface area (Å²) in [5, 5.41) is 8.35. The van der Waals surface area contributed by atoms with Crippen molar-refractivity contribution in [3.63, 3.8) is 0 Å². The molecule has 7 heteroatoms. The number of urea groups is 1. The molecule has 0 bridgehead atoms. The van der Waals surface area contributed by atoms with E-state index in [0.717, 1.165) is 50.1 Å². The predicted molar refractivity (Wildman–Crippen MR) is 122 cm³/mol. The fraction of sp³-hybridized carbons (Fsp3) is 0.417. The van der Waals surface area contributed by atoms with Crippen LogP contribution in [-0.2, 0) is 6.54 Å². The van der Waals surface area contributed by atoms with Crippen LogP contribution in [-0.4, -0.2) is 66.0 Å². The van der Waals surface area contributed by atoms with E-state index in [0.29, 0.717) is 24.7 Å². The molecule has 6 nitrogen and oxygen atoms in total. The van der Waals surface area contributed by atoms with E-state index in [1.165, 1.54) is 0 Å². The van der Waals surface area contributed by atoms with Crippen LogP contribution >= 0.6 is 11.6 Å². The lowest BCUT2D eigenvalue weighted by Gasteiger charge is -2.43. The molecular weight excluding hydrogens is 412 g/mol. The second-order valence-corrected chi connectivity index (χ2v) is 8.62. The van der Waals surface area contributed by atoms with Gasteiger partial charge < -0.3 is 10.2 Å². The maximum absolute atomic E-state index is 12.7. The molecule has 0 saturated carbocycles. The van der Waals surface area contributed by atoms with Crippen molar-refractivity contribution in [1.29, 1.82) is 0 Å². The van der Waals surface area contributed by atoms with Gasteiger partial charge in [-0.1, -0.05) is 41.9 Å². The molecule has 2 aromatic rings. The average Bonchev–Trinajstić information content (AvgIpc) is 2.83. The van der Waals surface area contributed by atoms with E-state index in [4.69, 9.17) is 11.6 Å². The van der Waals surface area contributed by atoms with Crippen LogP contribution in [0.3, 0.4) is 0 Å². The first-order valence-electron chi connectivity index (χ1n) is 11.0. The lowest BCUT2D eigenvalue weighted by Crippen LogP contribution is -2.58. The molecule has 0 aromatic heterocycles. The van der Waals surface area contributed by atoms with Crippen molar-refractivity contribution in [2.75, 3.05) is 39.3 Å². The first-order chi connectivity index (χ1) is 15.1. The Bertz CT molecular complexity index is 874. The SMILES string of the molecule is O=C(c1ccc(Cl)cc1)C1CCN(N2CCN(C(=O)NCc3ccccc3)CC2)CC1. The lowest BCUT2D eigenvalue weighted by molar-refractivity contribution is -0.0676. The molecule has 2 aromatic carbocycles. The minimum Gasteiger partial charge on any atom is -0.334 e. The Morgan fingerprint density at radius 1 is 0.839 bits per heavy atom. The van der Waals surface area contributed by atoms with Gasteiger partial charge in [0.05, 0.1) is 0 Å². The number of carbonyl (C=O) groups is 2. The molecule has 2 heterocycles. The van der Waals surface area contributed by atoms with Gasteiger partial charge >= 0.3 is 6.03 Å². The number of amides is 2. The minimum atomic E-state index is -0.00391. The average molecular weight is 441 g/mol. The van der Waals surface area contributed by atoms with Crippen LogP contribution in [0.5, 0.6) is 0 Å². The maximum atomic E-state index is 12.7. The molecule has 1 N–H and O–H groups in total. The summed E-state index contributed by atoms with van der Waals surface area (Å²) in [5.41, 5.74) is 1.85. The van der Waals surface area contributed by atoms with Crippen LogP contribution in [0.1, 0.15) is 28.8 Å². The molecule has 2 amide bonds. The van der Waals surface area contributed by atoms with E-state index in [9.17, 15) is 9.59 Å². The highest BCUT2D eigenvalue weighted by Gasteiger charge is 2.30. The summed E-state index contributed by atoms with van der Waals surface area (Å²) in [7, 11) is 0. The van der Waals surface area contributed by atoms with Crippen LogP contribution in [0.15, 0.2) is 54.6 Å². The van der Waals surface area contributed by atoms with E-state index in [1.54, 1.807) is 12.1 Å². The molecule has 4 rings (SSSR count). The van der Waals surface area contributed by atoms with Gasteiger partial charge in [0, 0.05) is 62.3 Å². The number of ketones is 1. The second kappa shape index (κ2) is 10.3. The number of piperidine rings is 1. The number of nitrogens with zero attached hydrogens (tertiary/aromatic N) is 3. The Morgan fingerprint density at radius 3 is 2.10 bits per heavy atom. The summed E-state index contributed by atoms with van der Waals surface area (Å²) in [6, 6.07) is 17.1. The van der Waals surface area contributed by atoms with Crippen molar-refractivity contribution in [3.8, 4) is 0 Å². The zero-order valence-electron chi connectivity index (χ0n) is 17.7. The van der Waals surface area contributed by atoms with Gasteiger partial charge in [-0.25, -0.2) is 14.8 Å². The molecule has 2 saturated heterocycles. The standard InChI is InChI=1S/C24H29ClN4O2/c25-22-8-6-20(7-9-22)23(30)21-10-12-28(13-11-21)29-16-14-27(15-17-29)24(31)26-18-19-4-2-1-3-5-19/h1-9,21H,10-18H2,(H,26,31). The van der Waals surface area contributed by atoms with Gasteiger partial charge in [0.25, 0.3) is 0 Å². The maximum Gasteiger partial charge on any atom is 0.317 e. The molecule has 164 valence electrons. The topological polar surface area (TPSA) is 55.9 Å². The first kappa shape index (κ1) is 21.8. The van der Waals surface area contributed by atoms with Crippen molar-refractivity contribution in [1.82, 2.24) is 20.2 Å². The van der Waals surface area contributed by atoms with Gasteiger partial charge in [0.2, 0.25) is 0 Å². The van der Waals surface area contributed by atoms with Crippen LogP contribution in [0.4, 0.5) is 4.79 Å². The van der Waals surface area contributed by atoms with Gasteiger partial charge in [-0.15, -0.1) is 0 Å². The van der Waals surface area contributed by atoms with Crippen molar-refractivity contribution < 1.29 is 9.59 Å². The highest BCUT2D eigenvalue weighted by Crippen LogP contribution is 2.24. The number of Topliss-reactive ketones (excluding diaryl/α,β-unsaturated/α-hetero) is 1. The van der Waals surface area contributed by atoms with Gasteiger partial charge in [-0.05, 0) is 42.7 Å². The van der Waals surface area contributed by atoms with Gasteiger partial charge in [-0.2, -0.15) is 0 Å². The third-order valence-corrected chi connectivity index (χ3v) is 6.45. The molecule has 2 fully saturated rings. The Kier molecular flexibility index (Phi) is 7.22. The quantitative estimate of drug-likeness (QED) is 0.720. The van der Waals surface area contributed by atoms with Gasteiger partial charge in [0.15, 0.2) is 5.78 Å². The number of hydrogen-bond acceptors (Lipinski definition) is 4. The summed E-state index contributed by atoms with van der Waals surface area (Å²) in [5.74, 6) is 0.290. The van der Waals surface area contributed by atoms with Crippen LogP contribution < -0.4 is 5.32 Å². The number of benzene rings is 2. The number of hydrogen-bond donors (Lipinski definition) is 1. The highest BCUT2D eigenvalue weighted by atomic mass is 35.5. The largest absolute Gasteiger partial charge is 0.334 e. The Labute approximate surface area is 188 Å². The van der Waals surface area contributed by atoms with Crippen LogP contribution in [0.2, 0.25) is 5.02 Å². The molecule has 2 aliphatic heterocycles.